The first-order valence-electron chi connectivity index (χ1n) is 8.65. The predicted octanol–water partition coefficient (Wildman–Crippen LogP) is 7.02. The van der Waals surface area contributed by atoms with Crippen LogP contribution in [0.3, 0.4) is 0 Å². The van der Waals surface area contributed by atoms with Crippen molar-refractivity contribution in [1.82, 2.24) is 0 Å². The van der Waals surface area contributed by atoms with Crippen LogP contribution in [0, 0.1) is 24.1 Å². The van der Waals surface area contributed by atoms with E-state index < -0.39 is 5.82 Å². The van der Waals surface area contributed by atoms with E-state index in [9.17, 15) is 9.65 Å². The van der Waals surface area contributed by atoms with Crippen molar-refractivity contribution in [1.29, 1.82) is 5.26 Å². The number of halogens is 2. The summed E-state index contributed by atoms with van der Waals surface area (Å²) in [6.45, 7) is 4.06. The lowest BCUT2D eigenvalue weighted by Gasteiger charge is -2.17. The number of aryl methyl sites for hydroxylation is 2. The highest BCUT2D eigenvalue weighted by atomic mass is 35.5. The fourth-order valence-electron chi connectivity index (χ4n) is 3.20. The Bertz CT molecular complexity index is 1040. The van der Waals surface area contributed by atoms with Gasteiger partial charge in [-0.1, -0.05) is 31.0 Å². The van der Waals surface area contributed by atoms with Crippen molar-refractivity contribution < 1.29 is 9.13 Å². The molecule has 0 aliphatic rings. The average molecular weight is 400 g/mol. The number of thiophene rings is 1. The molecule has 0 radical (unpaired) electrons. The number of rotatable bonds is 5. The van der Waals surface area contributed by atoms with Gasteiger partial charge in [-0.05, 0) is 65.2 Å². The van der Waals surface area contributed by atoms with Crippen molar-refractivity contribution in [3.63, 3.8) is 0 Å². The maximum Gasteiger partial charge on any atom is 0.165 e. The molecule has 0 atom stereocenters. The van der Waals surface area contributed by atoms with Gasteiger partial charge in [-0.25, -0.2) is 4.39 Å². The lowest BCUT2D eigenvalue weighted by atomic mass is 9.90. The highest BCUT2D eigenvalue weighted by Crippen LogP contribution is 2.44. The van der Waals surface area contributed by atoms with E-state index in [1.54, 1.807) is 17.4 Å². The van der Waals surface area contributed by atoms with Gasteiger partial charge in [-0.3, -0.25) is 0 Å². The van der Waals surface area contributed by atoms with E-state index in [2.05, 4.69) is 13.0 Å². The van der Waals surface area contributed by atoms with Crippen LogP contribution in [0.15, 0.2) is 35.7 Å². The van der Waals surface area contributed by atoms with Gasteiger partial charge < -0.3 is 4.74 Å². The van der Waals surface area contributed by atoms with Crippen molar-refractivity contribution in [3.05, 3.63) is 63.2 Å². The van der Waals surface area contributed by atoms with Gasteiger partial charge in [-0.2, -0.15) is 5.26 Å². The van der Waals surface area contributed by atoms with E-state index in [4.69, 9.17) is 16.3 Å². The van der Waals surface area contributed by atoms with E-state index >= 15 is 0 Å². The molecule has 5 heteroatoms. The third-order valence-electron chi connectivity index (χ3n) is 4.52. The van der Waals surface area contributed by atoms with Crippen molar-refractivity contribution in [2.75, 3.05) is 7.11 Å². The number of nitrogens with zero attached hydrogens (tertiary/aromatic N) is 1. The molecule has 0 saturated heterocycles. The molecule has 3 rings (SSSR count). The fraction of sp³-hybridized carbons (Fsp3) is 0.227. The lowest BCUT2D eigenvalue weighted by molar-refractivity contribution is 0.386. The number of methoxy groups -OCH3 is 1. The third-order valence-corrected chi connectivity index (χ3v) is 5.99. The molecule has 0 bridgehead atoms. The lowest BCUT2D eigenvalue weighted by Crippen LogP contribution is -1.97. The molecule has 0 N–H and O–H groups in total. The van der Waals surface area contributed by atoms with Crippen LogP contribution < -0.4 is 4.74 Å². The number of ether oxygens (including phenoxy) is 1. The largest absolute Gasteiger partial charge is 0.494 e. The van der Waals surface area contributed by atoms with E-state index in [-0.39, 0.29) is 5.75 Å². The number of benzene rings is 2. The Morgan fingerprint density at radius 1 is 1.26 bits per heavy atom. The Labute approximate surface area is 167 Å². The predicted molar refractivity (Wildman–Crippen MR) is 110 cm³/mol. The molecule has 138 valence electrons. The summed E-state index contributed by atoms with van der Waals surface area (Å²) in [7, 11) is 1.44. The van der Waals surface area contributed by atoms with Crippen LogP contribution >= 0.6 is 22.9 Å². The molecule has 0 fully saturated rings. The molecule has 1 aromatic heterocycles. The zero-order valence-electron chi connectivity index (χ0n) is 15.4. The summed E-state index contributed by atoms with van der Waals surface area (Å²) in [5.74, 6) is -0.245. The second-order valence-corrected chi connectivity index (χ2v) is 7.59. The summed E-state index contributed by atoms with van der Waals surface area (Å²) in [6.07, 6.45) is 1.65. The van der Waals surface area contributed by atoms with E-state index in [1.165, 1.54) is 13.2 Å². The van der Waals surface area contributed by atoms with Gasteiger partial charge in [0.2, 0.25) is 0 Å². The highest BCUT2D eigenvalue weighted by molar-refractivity contribution is 7.13. The molecule has 0 unspecified atom stereocenters. The van der Waals surface area contributed by atoms with Crippen LogP contribution in [-0.4, -0.2) is 7.11 Å². The van der Waals surface area contributed by atoms with Gasteiger partial charge >= 0.3 is 0 Å². The quantitative estimate of drug-likeness (QED) is 0.462. The molecule has 1 heterocycles. The van der Waals surface area contributed by atoms with Crippen LogP contribution in [0.1, 0.15) is 30.0 Å². The smallest absolute Gasteiger partial charge is 0.165 e. The summed E-state index contributed by atoms with van der Waals surface area (Å²) in [5.41, 5.74) is 4.68. The minimum Gasteiger partial charge on any atom is -0.494 e. The van der Waals surface area contributed by atoms with E-state index in [0.717, 1.165) is 40.0 Å². The van der Waals surface area contributed by atoms with E-state index in [1.807, 2.05) is 30.5 Å². The maximum absolute atomic E-state index is 14.4. The minimum atomic E-state index is -0.436. The number of nitriles is 1. The minimum absolute atomic E-state index is 0.191. The second-order valence-electron chi connectivity index (χ2n) is 6.29. The Balaban J connectivity index is 2.37. The summed E-state index contributed by atoms with van der Waals surface area (Å²) in [6, 6.07) is 11.1. The van der Waals surface area contributed by atoms with Crippen LogP contribution in [0.5, 0.6) is 5.75 Å². The molecule has 0 aliphatic carbocycles. The Morgan fingerprint density at radius 2 is 2.04 bits per heavy atom. The van der Waals surface area contributed by atoms with Gasteiger partial charge in [0.15, 0.2) is 11.6 Å². The van der Waals surface area contributed by atoms with Gasteiger partial charge in [0.25, 0.3) is 0 Å². The van der Waals surface area contributed by atoms with Crippen LogP contribution in [0.4, 0.5) is 4.39 Å². The summed E-state index contributed by atoms with van der Waals surface area (Å²) in [5, 5.41) is 12.3. The third kappa shape index (κ3) is 3.58. The second kappa shape index (κ2) is 8.12. The van der Waals surface area contributed by atoms with E-state index in [0.29, 0.717) is 16.1 Å². The van der Waals surface area contributed by atoms with Gasteiger partial charge in [0.1, 0.15) is 6.07 Å². The Morgan fingerprint density at radius 3 is 2.59 bits per heavy atom. The first-order valence-corrected chi connectivity index (χ1v) is 9.91. The summed E-state index contributed by atoms with van der Waals surface area (Å²) < 4.78 is 19.4. The topological polar surface area (TPSA) is 33.0 Å². The molecule has 0 spiro atoms. The molecule has 3 aromatic rings. The molecular weight excluding hydrogens is 381 g/mol. The van der Waals surface area contributed by atoms with Crippen LogP contribution in [0.2, 0.25) is 5.02 Å². The van der Waals surface area contributed by atoms with Crippen LogP contribution in [0.25, 0.3) is 21.6 Å². The molecule has 0 aliphatic heterocycles. The SMILES string of the molecule is CCCc1cc(-c2ccc(OC)c(F)c2)c(-c2sccc2C)c(C#N)c1Cl. The first kappa shape index (κ1) is 19.4. The van der Waals surface area contributed by atoms with Crippen molar-refractivity contribution in [2.24, 2.45) is 0 Å². The monoisotopic (exact) mass is 399 g/mol. The normalized spacial score (nSPS) is 10.7. The Hall–Kier alpha value is -2.35. The maximum atomic E-state index is 14.4. The molecule has 2 aromatic carbocycles. The highest BCUT2D eigenvalue weighted by Gasteiger charge is 2.21. The summed E-state index contributed by atoms with van der Waals surface area (Å²) in [4.78, 5) is 0.975. The van der Waals surface area contributed by atoms with Gasteiger partial charge in [0.05, 0.1) is 17.7 Å². The standard InChI is InChI=1S/C22H19ClFNOS/c1-4-5-15-10-16(14-6-7-19(26-3)18(24)11-14)20(17(12-25)21(15)23)22-13(2)8-9-27-22/h6-11H,4-5H2,1-3H3. The van der Waals surface area contributed by atoms with Gasteiger partial charge in [0, 0.05) is 10.4 Å². The summed E-state index contributed by atoms with van der Waals surface area (Å²) >= 11 is 8.14. The Kier molecular flexibility index (Phi) is 5.84. The van der Waals surface area contributed by atoms with Gasteiger partial charge in [-0.15, -0.1) is 11.3 Å². The van der Waals surface area contributed by atoms with Crippen molar-refractivity contribution >= 4 is 22.9 Å². The van der Waals surface area contributed by atoms with Crippen LogP contribution in [-0.2, 0) is 6.42 Å². The first-order chi connectivity index (χ1) is 13.0. The molecular formula is C22H19ClFNOS. The molecule has 2 nitrogen and oxygen atoms in total. The number of hydrogen-bond donors (Lipinski definition) is 0. The zero-order valence-corrected chi connectivity index (χ0v) is 17.0. The molecule has 0 amide bonds. The average Bonchev–Trinajstić information content (AvgIpc) is 3.08. The van der Waals surface area contributed by atoms with Crippen molar-refractivity contribution in [3.8, 4) is 33.4 Å². The molecule has 27 heavy (non-hydrogen) atoms. The van der Waals surface area contributed by atoms with Crippen molar-refractivity contribution in [2.45, 2.75) is 26.7 Å². The number of hydrogen-bond acceptors (Lipinski definition) is 3. The zero-order chi connectivity index (χ0) is 19.6. The molecule has 0 saturated carbocycles. The fourth-order valence-corrected chi connectivity index (χ4v) is 4.48.